The maximum Gasteiger partial charge on any atom is 0.330 e. The van der Waals surface area contributed by atoms with Crippen LogP contribution in [0.2, 0.25) is 0 Å². The summed E-state index contributed by atoms with van der Waals surface area (Å²) in [6.45, 7) is 4.24. The highest BCUT2D eigenvalue weighted by Crippen LogP contribution is 2.17. The summed E-state index contributed by atoms with van der Waals surface area (Å²) < 4.78 is 9.67. The standard InChI is InChI=1S/C17H20O4/c1-3-20-16(18)11-9-14-7-5-6-8-15(13-14)10-12-17(19)21-4-2/h5-12H,3-4,13H2,1-2H3/b11-9+,12-10+. The topological polar surface area (TPSA) is 52.6 Å². The number of rotatable bonds is 6. The molecule has 1 aliphatic rings. The van der Waals surface area contributed by atoms with E-state index in [-0.39, 0.29) is 11.9 Å². The summed E-state index contributed by atoms with van der Waals surface area (Å²) in [6.07, 6.45) is 14.5. The zero-order valence-electron chi connectivity index (χ0n) is 12.4. The van der Waals surface area contributed by atoms with Gasteiger partial charge in [0.2, 0.25) is 0 Å². The number of hydrogen-bond donors (Lipinski definition) is 0. The zero-order valence-corrected chi connectivity index (χ0v) is 12.4. The number of ether oxygens (including phenoxy) is 2. The molecule has 4 heteroatoms. The second-order valence-corrected chi connectivity index (χ2v) is 4.22. The smallest absolute Gasteiger partial charge is 0.330 e. The van der Waals surface area contributed by atoms with Gasteiger partial charge in [0, 0.05) is 12.2 Å². The summed E-state index contributed by atoms with van der Waals surface area (Å²) in [7, 11) is 0. The third-order valence-corrected chi connectivity index (χ3v) is 2.58. The fourth-order valence-electron chi connectivity index (χ4n) is 1.67. The molecule has 1 aliphatic carbocycles. The van der Waals surface area contributed by atoms with Gasteiger partial charge in [0.15, 0.2) is 0 Å². The van der Waals surface area contributed by atoms with Gasteiger partial charge in [-0.2, -0.15) is 0 Å². The Bertz CT molecular complexity index is 473. The van der Waals surface area contributed by atoms with Crippen LogP contribution in [-0.2, 0) is 19.1 Å². The van der Waals surface area contributed by atoms with E-state index in [1.807, 2.05) is 24.3 Å². The molecule has 0 N–H and O–H groups in total. The summed E-state index contributed by atoms with van der Waals surface area (Å²) in [5.74, 6) is -0.724. The van der Waals surface area contributed by atoms with Gasteiger partial charge in [0.05, 0.1) is 13.2 Å². The molecule has 0 aliphatic heterocycles. The highest BCUT2D eigenvalue weighted by Gasteiger charge is 2.02. The van der Waals surface area contributed by atoms with Crippen LogP contribution in [0.1, 0.15) is 20.3 Å². The van der Waals surface area contributed by atoms with Gasteiger partial charge in [-0.3, -0.25) is 0 Å². The van der Waals surface area contributed by atoms with E-state index in [4.69, 9.17) is 9.47 Å². The van der Waals surface area contributed by atoms with Crippen LogP contribution in [-0.4, -0.2) is 25.2 Å². The summed E-state index contributed by atoms with van der Waals surface area (Å²) in [4.78, 5) is 22.6. The summed E-state index contributed by atoms with van der Waals surface area (Å²) in [6, 6.07) is 0. The molecule has 21 heavy (non-hydrogen) atoms. The third-order valence-electron chi connectivity index (χ3n) is 2.58. The number of allylic oxidation sites excluding steroid dienone is 8. The average molecular weight is 288 g/mol. The van der Waals surface area contributed by atoms with E-state index in [0.29, 0.717) is 19.6 Å². The lowest BCUT2D eigenvalue weighted by molar-refractivity contribution is -0.138. The quantitative estimate of drug-likeness (QED) is 0.557. The van der Waals surface area contributed by atoms with Crippen molar-refractivity contribution in [1.82, 2.24) is 0 Å². The molecule has 0 amide bonds. The van der Waals surface area contributed by atoms with Crippen molar-refractivity contribution in [2.75, 3.05) is 13.2 Å². The predicted octanol–water partition coefficient (Wildman–Crippen LogP) is 3.04. The molecule has 112 valence electrons. The molecule has 0 aromatic rings. The Hall–Kier alpha value is -2.36. The van der Waals surface area contributed by atoms with Crippen LogP contribution >= 0.6 is 0 Å². The lowest BCUT2D eigenvalue weighted by Gasteiger charge is -2.02. The first-order valence-electron chi connectivity index (χ1n) is 6.91. The number of carbonyl (C=O) groups excluding carboxylic acids is 2. The third kappa shape index (κ3) is 7.11. The minimum absolute atomic E-state index is 0.357. The average Bonchev–Trinajstić information content (AvgIpc) is 2.69. The first-order valence-corrected chi connectivity index (χ1v) is 6.91. The first kappa shape index (κ1) is 16.7. The summed E-state index contributed by atoms with van der Waals surface area (Å²) >= 11 is 0. The van der Waals surface area contributed by atoms with Gasteiger partial charge in [-0.05, 0) is 31.4 Å². The highest BCUT2D eigenvalue weighted by atomic mass is 16.5. The Labute approximate surface area is 125 Å². The van der Waals surface area contributed by atoms with Crippen LogP contribution in [0.15, 0.2) is 59.8 Å². The maximum atomic E-state index is 11.3. The first-order chi connectivity index (χ1) is 10.2. The monoisotopic (exact) mass is 288 g/mol. The van der Waals surface area contributed by atoms with Crippen molar-refractivity contribution in [3.63, 3.8) is 0 Å². The molecule has 0 radical (unpaired) electrons. The van der Waals surface area contributed by atoms with Crippen LogP contribution in [0.5, 0.6) is 0 Å². The molecule has 0 saturated carbocycles. The minimum Gasteiger partial charge on any atom is -0.463 e. The van der Waals surface area contributed by atoms with Crippen LogP contribution < -0.4 is 0 Å². The fourth-order valence-corrected chi connectivity index (χ4v) is 1.67. The lowest BCUT2D eigenvalue weighted by Crippen LogP contribution is -1.99. The van der Waals surface area contributed by atoms with E-state index in [1.165, 1.54) is 12.2 Å². The van der Waals surface area contributed by atoms with Crippen molar-refractivity contribution >= 4 is 11.9 Å². The van der Waals surface area contributed by atoms with Crippen LogP contribution in [0.3, 0.4) is 0 Å². The van der Waals surface area contributed by atoms with Gasteiger partial charge >= 0.3 is 11.9 Å². The zero-order chi connectivity index (χ0) is 15.5. The lowest BCUT2D eigenvalue weighted by atomic mass is 10.1. The van der Waals surface area contributed by atoms with E-state index in [0.717, 1.165) is 11.1 Å². The highest BCUT2D eigenvalue weighted by molar-refractivity contribution is 5.83. The van der Waals surface area contributed by atoms with Gasteiger partial charge in [0.1, 0.15) is 0 Å². The van der Waals surface area contributed by atoms with E-state index >= 15 is 0 Å². The van der Waals surface area contributed by atoms with E-state index in [1.54, 1.807) is 26.0 Å². The minimum atomic E-state index is -0.362. The number of esters is 2. The largest absolute Gasteiger partial charge is 0.463 e. The summed E-state index contributed by atoms with van der Waals surface area (Å²) in [5, 5.41) is 0. The Morgan fingerprint density at radius 2 is 1.38 bits per heavy atom. The fraction of sp³-hybridized carbons (Fsp3) is 0.294. The van der Waals surface area contributed by atoms with Gasteiger partial charge in [-0.1, -0.05) is 36.5 Å². The molecule has 0 bridgehead atoms. The molecule has 0 saturated heterocycles. The van der Waals surface area contributed by atoms with Gasteiger partial charge in [-0.15, -0.1) is 0 Å². The van der Waals surface area contributed by atoms with Crippen molar-refractivity contribution in [3.8, 4) is 0 Å². The van der Waals surface area contributed by atoms with Crippen molar-refractivity contribution in [1.29, 1.82) is 0 Å². The molecule has 0 aromatic heterocycles. The molecule has 0 aromatic carbocycles. The molecule has 4 nitrogen and oxygen atoms in total. The van der Waals surface area contributed by atoms with Crippen LogP contribution in [0.25, 0.3) is 0 Å². The predicted molar refractivity (Wildman–Crippen MR) is 81.5 cm³/mol. The Morgan fingerprint density at radius 3 is 1.76 bits per heavy atom. The molecule has 0 spiro atoms. The van der Waals surface area contributed by atoms with Crippen LogP contribution in [0, 0.1) is 0 Å². The molecule has 0 unspecified atom stereocenters. The molecule has 0 atom stereocenters. The number of carbonyl (C=O) groups is 2. The SMILES string of the molecule is CCOC(=O)/C=C/C1=CC=CC=C(/C=C/C(=O)OCC)C1. The van der Waals surface area contributed by atoms with E-state index in [9.17, 15) is 9.59 Å². The van der Waals surface area contributed by atoms with Gasteiger partial charge < -0.3 is 9.47 Å². The molecule has 0 fully saturated rings. The Balaban J connectivity index is 2.65. The van der Waals surface area contributed by atoms with Crippen molar-refractivity contribution in [2.24, 2.45) is 0 Å². The summed E-state index contributed by atoms with van der Waals surface area (Å²) in [5.41, 5.74) is 1.91. The maximum absolute atomic E-state index is 11.3. The normalized spacial score (nSPS) is 14.8. The van der Waals surface area contributed by atoms with E-state index in [2.05, 4.69) is 0 Å². The van der Waals surface area contributed by atoms with E-state index < -0.39 is 0 Å². The molecular formula is C17H20O4. The second kappa shape index (κ2) is 9.53. The van der Waals surface area contributed by atoms with Gasteiger partial charge in [0.25, 0.3) is 0 Å². The van der Waals surface area contributed by atoms with Crippen LogP contribution in [0.4, 0.5) is 0 Å². The van der Waals surface area contributed by atoms with Crippen molar-refractivity contribution < 1.29 is 19.1 Å². The van der Waals surface area contributed by atoms with Crippen molar-refractivity contribution in [2.45, 2.75) is 20.3 Å². The molecule has 0 heterocycles. The molecule has 1 rings (SSSR count). The Morgan fingerprint density at radius 1 is 0.952 bits per heavy atom. The Kier molecular flexibility index (Phi) is 7.58. The van der Waals surface area contributed by atoms with Gasteiger partial charge in [-0.25, -0.2) is 9.59 Å². The van der Waals surface area contributed by atoms with Crippen molar-refractivity contribution in [3.05, 3.63) is 59.8 Å². The molecular weight excluding hydrogens is 268 g/mol. The number of hydrogen-bond acceptors (Lipinski definition) is 4. The second-order valence-electron chi connectivity index (χ2n) is 4.22.